The van der Waals surface area contributed by atoms with E-state index in [0.717, 1.165) is 0 Å². The quantitative estimate of drug-likeness (QED) is 0.816. The van der Waals surface area contributed by atoms with E-state index in [-0.39, 0.29) is 10.0 Å². The Bertz CT molecular complexity index is 537. The summed E-state index contributed by atoms with van der Waals surface area (Å²) < 4.78 is 13.2. The van der Waals surface area contributed by atoms with Gasteiger partial charge >= 0.3 is 0 Å². The van der Waals surface area contributed by atoms with Crippen LogP contribution in [0.15, 0.2) is 30.6 Å². The lowest BCUT2D eigenvalue weighted by molar-refractivity contribution is 0.629. The second-order valence-corrected chi connectivity index (χ2v) is 4.16. The number of hydrogen-bond donors (Lipinski definition) is 2. The first-order valence-electron chi connectivity index (χ1n) is 4.69. The Morgan fingerprint density at radius 1 is 1.24 bits per heavy atom. The zero-order chi connectivity index (χ0) is 12.4. The molecule has 0 saturated carbocycles. The Morgan fingerprint density at radius 3 is 2.47 bits per heavy atom. The molecule has 0 saturated heterocycles. The van der Waals surface area contributed by atoms with Gasteiger partial charge < -0.3 is 11.1 Å². The third-order valence-electron chi connectivity index (χ3n) is 2.11. The molecule has 1 aromatic carbocycles. The predicted molar refractivity (Wildman–Crippen MR) is 68.4 cm³/mol. The molecule has 3 nitrogen and oxygen atoms in total. The van der Waals surface area contributed by atoms with E-state index in [2.05, 4.69) is 10.3 Å². The van der Waals surface area contributed by atoms with Crippen LogP contribution in [0.4, 0.5) is 21.5 Å². The molecule has 0 radical (unpaired) electrons. The van der Waals surface area contributed by atoms with Crippen LogP contribution in [0.5, 0.6) is 0 Å². The van der Waals surface area contributed by atoms with Crippen molar-refractivity contribution in [1.29, 1.82) is 0 Å². The smallest absolute Gasteiger partial charge is 0.160 e. The maximum atomic E-state index is 13.2. The average molecular weight is 272 g/mol. The van der Waals surface area contributed by atoms with Crippen molar-refractivity contribution >= 4 is 40.3 Å². The molecule has 3 N–H and O–H groups in total. The molecule has 0 fully saturated rings. The number of halogens is 3. The van der Waals surface area contributed by atoms with Crippen LogP contribution in [0.2, 0.25) is 10.0 Å². The highest BCUT2D eigenvalue weighted by Crippen LogP contribution is 2.30. The van der Waals surface area contributed by atoms with Gasteiger partial charge in [-0.3, -0.25) is 4.98 Å². The number of nitrogens with two attached hydrogens (primary N) is 1. The third kappa shape index (κ3) is 2.60. The van der Waals surface area contributed by atoms with Gasteiger partial charge in [0, 0.05) is 11.9 Å². The standard InChI is InChI=1S/C11H8Cl2FN3/c12-7-3-6(4-8(13)11(7)14)17-10-1-2-16-5-9(10)15/h1-5H,15H2,(H,16,17). The number of benzene rings is 1. The fourth-order valence-electron chi connectivity index (χ4n) is 1.30. The normalized spacial score (nSPS) is 10.3. The summed E-state index contributed by atoms with van der Waals surface area (Å²) in [7, 11) is 0. The van der Waals surface area contributed by atoms with Crippen molar-refractivity contribution in [1.82, 2.24) is 4.98 Å². The number of rotatable bonds is 2. The van der Waals surface area contributed by atoms with Crippen LogP contribution in [0, 0.1) is 5.82 Å². The van der Waals surface area contributed by atoms with Crippen molar-refractivity contribution in [2.24, 2.45) is 0 Å². The van der Waals surface area contributed by atoms with Crippen LogP contribution in [-0.2, 0) is 0 Å². The third-order valence-corrected chi connectivity index (χ3v) is 2.66. The van der Waals surface area contributed by atoms with E-state index in [0.29, 0.717) is 17.1 Å². The minimum absolute atomic E-state index is 0.0485. The van der Waals surface area contributed by atoms with E-state index >= 15 is 0 Å². The molecule has 0 unspecified atom stereocenters. The van der Waals surface area contributed by atoms with Crippen LogP contribution < -0.4 is 11.1 Å². The highest BCUT2D eigenvalue weighted by atomic mass is 35.5. The lowest BCUT2D eigenvalue weighted by Gasteiger charge is -2.09. The molecule has 0 aliphatic carbocycles. The first-order valence-corrected chi connectivity index (χ1v) is 5.44. The second kappa shape index (κ2) is 4.77. The first kappa shape index (κ1) is 12.0. The Balaban J connectivity index is 2.34. The van der Waals surface area contributed by atoms with Crippen LogP contribution in [0.1, 0.15) is 0 Å². The van der Waals surface area contributed by atoms with Crippen molar-refractivity contribution in [2.75, 3.05) is 11.1 Å². The number of anilines is 3. The zero-order valence-electron chi connectivity index (χ0n) is 8.55. The molecule has 0 aliphatic rings. The first-order chi connectivity index (χ1) is 8.08. The number of nitrogens with zero attached hydrogens (tertiary/aromatic N) is 1. The van der Waals surface area contributed by atoms with Crippen molar-refractivity contribution in [3.8, 4) is 0 Å². The molecule has 2 aromatic rings. The monoisotopic (exact) mass is 271 g/mol. The fourth-order valence-corrected chi connectivity index (χ4v) is 1.79. The maximum Gasteiger partial charge on any atom is 0.160 e. The van der Waals surface area contributed by atoms with Gasteiger partial charge in [-0.25, -0.2) is 4.39 Å². The molecular weight excluding hydrogens is 264 g/mol. The van der Waals surface area contributed by atoms with Gasteiger partial charge in [0.05, 0.1) is 27.6 Å². The molecule has 1 heterocycles. The van der Waals surface area contributed by atoms with Gasteiger partial charge in [0.25, 0.3) is 0 Å². The van der Waals surface area contributed by atoms with E-state index < -0.39 is 5.82 Å². The van der Waals surface area contributed by atoms with Gasteiger partial charge in [-0.2, -0.15) is 0 Å². The molecule has 0 atom stereocenters. The summed E-state index contributed by atoms with van der Waals surface area (Å²) in [5.41, 5.74) is 7.39. The van der Waals surface area contributed by atoms with Gasteiger partial charge in [-0.1, -0.05) is 23.2 Å². The summed E-state index contributed by atoms with van der Waals surface area (Å²) in [6.07, 6.45) is 3.10. The van der Waals surface area contributed by atoms with E-state index in [4.69, 9.17) is 28.9 Å². The van der Waals surface area contributed by atoms with Gasteiger partial charge in [0.15, 0.2) is 5.82 Å². The lowest BCUT2D eigenvalue weighted by Crippen LogP contribution is -1.97. The maximum absolute atomic E-state index is 13.2. The number of nitrogens with one attached hydrogen (secondary N) is 1. The fraction of sp³-hybridized carbons (Fsp3) is 0. The summed E-state index contributed by atoms with van der Waals surface area (Å²) in [5.74, 6) is -0.637. The highest BCUT2D eigenvalue weighted by Gasteiger charge is 2.08. The topological polar surface area (TPSA) is 50.9 Å². The van der Waals surface area contributed by atoms with Crippen molar-refractivity contribution < 1.29 is 4.39 Å². The minimum Gasteiger partial charge on any atom is -0.396 e. The molecule has 2 rings (SSSR count). The Kier molecular flexibility index (Phi) is 3.36. The molecule has 0 bridgehead atoms. The summed E-state index contributed by atoms with van der Waals surface area (Å²) >= 11 is 11.4. The Morgan fingerprint density at radius 2 is 1.88 bits per heavy atom. The van der Waals surface area contributed by atoms with Gasteiger partial charge in [0.1, 0.15) is 0 Å². The Labute approximate surface area is 107 Å². The lowest BCUT2D eigenvalue weighted by atomic mass is 10.2. The van der Waals surface area contributed by atoms with Crippen LogP contribution in [-0.4, -0.2) is 4.98 Å². The highest BCUT2D eigenvalue weighted by molar-refractivity contribution is 6.35. The van der Waals surface area contributed by atoms with Gasteiger partial charge in [-0.15, -0.1) is 0 Å². The average Bonchev–Trinajstić information content (AvgIpc) is 2.29. The summed E-state index contributed by atoms with van der Waals surface area (Å²) in [6.45, 7) is 0. The van der Waals surface area contributed by atoms with Gasteiger partial charge in [0.2, 0.25) is 0 Å². The number of nitrogen functional groups attached to an aromatic ring is 1. The summed E-state index contributed by atoms with van der Waals surface area (Å²) in [5, 5.41) is 2.88. The van der Waals surface area contributed by atoms with E-state index in [1.54, 1.807) is 12.3 Å². The molecule has 1 aromatic heterocycles. The molecule has 0 spiro atoms. The van der Waals surface area contributed by atoms with Crippen LogP contribution >= 0.6 is 23.2 Å². The van der Waals surface area contributed by atoms with E-state index in [1.165, 1.54) is 18.3 Å². The SMILES string of the molecule is Nc1cnccc1Nc1cc(Cl)c(F)c(Cl)c1. The largest absolute Gasteiger partial charge is 0.396 e. The van der Waals surface area contributed by atoms with Crippen molar-refractivity contribution in [3.63, 3.8) is 0 Å². The zero-order valence-corrected chi connectivity index (χ0v) is 10.1. The van der Waals surface area contributed by atoms with Gasteiger partial charge in [-0.05, 0) is 18.2 Å². The summed E-state index contributed by atoms with van der Waals surface area (Å²) in [4.78, 5) is 3.86. The molecule has 0 aliphatic heterocycles. The molecule has 0 amide bonds. The van der Waals surface area contributed by atoms with Crippen LogP contribution in [0.3, 0.4) is 0 Å². The van der Waals surface area contributed by atoms with Crippen LogP contribution in [0.25, 0.3) is 0 Å². The molecule has 6 heteroatoms. The van der Waals surface area contributed by atoms with E-state index in [9.17, 15) is 4.39 Å². The predicted octanol–water partition coefficient (Wildman–Crippen LogP) is 3.85. The minimum atomic E-state index is -0.637. The number of hydrogen-bond acceptors (Lipinski definition) is 3. The molecular formula is C11H8Cl2FN3. The second-order valence-electron chi connectivity index (χ2n) is 3.34. The Hall–Kier alpha value is -1.52. The van der Waals surface area contributed by atoms with E-state index in [1.807, 2.05) is 0 Å². The van der Waals surface area contributed by atoms with Crippen molar-refractivity contribution in [3.05, 3.63) is 46.5 Å². The molecule has 88 valence electrons. The van der Waals surface area contributed by atoms with Crippen molar-refractivity contribution in [2.45, 2.75) is 0 Å². The number of pyridine rings is 1. The molecule has 17 heavy (non-hydrogen) atoms. The summed E-state index contributed by atoms with van der Waals surface area (Å²) in [6, 6.07) is 4.56. The number of aromatic nitrogens is 1.